The minimum atomic E-state index is -0.444. The Hall–Kier alpha value is -4.08. The monoisotopic (exact) mass is 418 g/mol. The fourth-order valence-electron chi connectivity index (χ4n) is 3.28. The first-order valence-corrected chi connectivity index (χ1v) is 10.0. The molecule has 0 bridgehead atoms. The van der Waals surface area contributed by atoms with Crippen molar-refractivity contribution in [2.45, 2.75) is 19.3 Å². The number of hydrogen-bond acceptors (Lipinski definition) is 9. The molecule has 4 rings (SSSR count). The molecule has 3 aromatic rings. The zero-order valence-corrected chi connectivity index (χ0v) is 16.8. The number of nitrogens with zero attached hydrogens (tertiary/aromatic N) is 6. The summed E-state index contributed by atoms with van der Waals surface area (Å²) in [7, 11) is 0. The van der Waals surface area contributed by atoms with E-state index in [0.717, 1.165) is 31.6 Å². The zero-order chi connectivity index (χ0) is 21.5. The number of nitrogens with one attached hydrogen (secondary N) is 2. The summed E-state index contributed by atoms with van der Waals surface area (Å²) in [6, 6.07) is 16.0. The van der Waals surface area contributed by atoms with Gasteiger partial charge in [0.1, 0.15) is 0 Å². The van der Waals surface area contributed by atoms with E-state index >= 15 is 0 Å². The van der Waals surface area contributed by atoms with Crippen LogP contribution in [0, 0.1) is 10.1 Å². The van der Waals surface area contributed by atoms with E-state index in [0.29, 0.717) is 17.5 Å². The maximum absolute atomic E-state index is 11.2. The standard InChI is InChI=1S/C21H22N8O2/c30-29(31)18-12-6-5-9-16(18)15-22-27-20-24-19(23-17-10-3-1-4-11-17)25-21(26-20)28-13-7-2-8-14-28/h1,3-6,9-12,15H,2,7-8,13-14H2,(H2,23,24,25,26,27)/b22-15-. The molecule has 0 spiro atoms. The molecule has 1 aliphatic rings. The van der Waals surface area contributed by atoms with Crippen LogP contribution in [0.25, 0.3) is 0 Å². The molecular weight excluding hydrogens is 396 g/mol. The number of nitro benzene ring substituents is 1. The third-order valence-electron chi connectivity index (χ3n) is 4.79. The Balaban J connectivity index is 1.58. The summed E-state index contributed by atoms with van der Waals surface area (Å²) >= 11 is 0. The highest BCUT2D eigenvalue weighted by Crippen LogP contribution is 2.21. The van der Waals surface area contributed by atoms with Gasteiger partial charge >= 0.3 is 0 Å². The molecule has 1 aromatic heterocycles. The number of para-hydroxylation sites is 2. The molecule has 0 aliphatic carbocycles. The van der Waals surface area contributed by atoms with Gasteiger partial charge in [-0.2, -0.15) is 20.1 Å². The van der Waals surface area contributed by atoms with Gasteiger partial charge in [-0.05, 0) is 37.5 Å². The highest BCUT2D eigenvalue weighted by molar-refractivity contribution is 5.85. The van der Waals surface area contributed by atoms with Crippen molar-refractivity contribution >= 4 is 35.4 Å². The van der Waals surface area contributed by atoms with Gasteiger partial charge in [-0.15, -0.1) is 0 Å². The third-order valence-corrected chi connectivity index (χ3v) is 4.79. The first kappa shape index (κ1) is 20.2. The normalized spacial score (nSPS) is 13.9. The average molecular weight is 418 g/mol. The molecule has 0 amide bonds. The Morgan fingerprint density at radius 3 is 2.42 bits per heavy atom. The van der Waals surface area contributed by atoms with E-state index in [4.69, 9.17) is 0 Å². The van der Waals surface area contributed by atoms with E-state index in [9.17, 15) is 10.1 Å². The number of benzene rings is 2. The van der Waals surface area contributed by atoms with Gasteiger partial charge in [0, 0.05) is 24.8 Å². The second-order valence-electron chi connectivity index (χ2n) is 7.01. The number of rotatable bonds is 7. The lowest BCUT2D eigenvalue weighted by molar-refractivity contribution is -0.385. The van der Waals surface area contributed by atoms with Crippen molar-refractivity contribution in [1.29, 1.82) is 0 Å². The largest absolute Gasteiger partial charge is 0.341 e. The van der Waals surface area contributed by atoms with Crippen LogP contribution in [0.2, 0.25) is 0 Å². The minimum absolute atomic E-state index is 0.0239. The topological polar surface area (TPSA) is 121 Å². The molecule has 1 saturated heterocycles. The van der Waals surface area contributed by atoms with Crippen molar-refractivity contribution in [2.24, 2.45) is 5.10 Å². The van der Waals surface area contributed by atoms with Crippen LogP contribution in [0.1, 0.15) is 24.8 Å². The van der Waals surface area contributed by atoms with Gasteiger partial charge in [0.25, 0.3) is 5.69 Å². The average Bonchev–Trinajstić information content (AvgIpc) is 2.80. The predicted octanol–water partition coefficient (Wildman–Crippen LogP) is 3.96. The van der Waals surface area contributed by atoms with Crippen LogP contribution in [0.15, 0.2) is 59.7 Å². The van der Waals surface area contributed by atoms with Crippen molar-refractivity contribution in [3.05, 3.63) is 70.3 Å². The SMILES string of the molecule is O=[N+]([O-])c1ccccc1/C=N\Nc1nc(Nc2ccccc2)nc(N2CCCCC2)n1. The zero-order valence-electron chi connectivity index (χ0n) is 16.8. The molecule has 0 saturated carbocycles. The van der Waals surface area contributed by atoms with Crippen molar-refractivity contribution in [3.8, 4) is 0 Å². The number of piperidine rings is 1. The number of nitro groups is 1. The maximum atomic E-state index is 11.2. The first-order valence-electron chi connectivity index (χ1n) is 10.0. The molecule has 0 radical (unpaired) electrons. The Labute approximate surface area is 179 Å². The molecule has 2 aromatic carbocycles. The summed E-state index contributed by atoms with van der Waals surface area (Å²) in [5.74, 6) is 1.21. The Kier molecular flexibility index (Phi) is 6.26. The Bertz CT molecular complexity index is 1070. The number of hydrogen-bond donors (Lipinski definition) is 2. The minimum Gasteiger partial charge on any atom is -0.341 e. The lowest BCUT2D eigenvalue weighted by Gasteiger charge is -2.26. The molecule has 1 fully saturated rings. The summed E-state index contributed by atoms with van der Waals surface area (Å²) in [6.07, 6.45) is 4.76. The molecule has 2 N–H and O–H groups in total. The second kappa shape index (κ2) is 9.61. The molecule has 158 valence electrons. The van der Waals surface area contributed by atoms with Crippen LogP contribution < -0.4 is 15.6 Å². The molecule has 10 heteroatoms. The quantitative estimate of drug-likeness (QED) is 0.336. The van der Waals surface area contributed by atoms with E-state index in [-0.39, 0.29) is 11.6 Å². The van der Waals surface area contributed by atoms with Crippen LogP contribution in [0.3, 0.4) is 0 Å². The van der Waals surface area contributed by atoms with Crippen LogP contribution in [-0.2, 0) is 0 Å². The van der Waals surface area contributed by atoms with Crippen molar-refractivity contribution in [2.75, 3.05) is 28.7 Å². The fraction of sp³-hybridized carbons (Fsp3) is 0.238. The van der Waals surface area contributed by atoms with Crippen LogP contribution in [0.5, 0.6) is 0 Å². The predicted molar refractivity (Wildman–Crippen MR) is 120 cm³/mol. The van der Waals surface area contributed by atoms with Gasteiger partial charge < -0.3 is 10.2 Å². The van der Waals surface area contributed by atoms with Gasteiger partial charge in [0.2, 0.25) is 17.8 Å². The van der Waals surface area contributed by atoms with Crippen molar-refractivity contribution in [3.63, 3.8) is 0 Å². The highest BCUT2D eigenvalue weighted by atomic mass is 16.6. The maximum Gasteiger partial charge on any atom is 0.278 e. The number of anilines is 4. The van der Waals surface area contributed by atoms with E-state index < -0.39 is 4.92 Å². The van der Waals surface area contributed by atoms with E-state index in [1.807, 2.05) is 30.3 Å². The summed E-state index contributed by atoms with van der Waals surface area (Å²) in [4.78, 5) is 26.3. The van der Waals surface area contributed by atoms with Crippen molar-refractivity contribution in [1.82, 2.24) is 15.0 Å². The molecule has 1 aliphatic heterocycles. The Morgan fingerprint density at radius 1 is 0.935 bits per heavy atom. The highest BCUT2D eigenvalue weighted by Gasteiger charge is 2.16. The van der Waals surface area contributed by atoms with Crippen LogP contribution >= 0.6 is 0 Å². The van der Waals surface area contributed by atoms with E-state index in [1.54, 1.807) is 18.2 Å². The molecule has 0 unspecified atom stereocenters. The number of hydrazone groups is 1. The molecule has 0 atom stereocenters. The van der Waals surface area contributed by atoms with Crippen molar-refractivity contribution < 1.29 is 4.92 Å². The second-order valence-corrected chi connectivity index (χ2v) is 7.01. The molecule has 10 nitrogen and oxygen atoms in total. The molecule has 2 heterocycles. The summed E-state index contributed by atoms with van der Waals surface area (Å²) < 4.78 is 0. The smallest absolute Gasteiger partial charge is 0.278 e. The van der Waals surface area contributed by atoms with Crippen LogP contribution in [-0.4, -0.2) is 39.2 Å². The van der Waals surface area contributed by atoms with Gasteiger partial charge in [0.05, 0.1) is 16.7 Å². The first-order chi connectivity index (χ1) is 15.2. The fourth-order valence-corrected chi connectivity index (χ4v) is 3.28. The van der Waals surface area contributed by atoms with Gasteiger partial charge in [-0.1, -0.05) is 30.3 Å². The Morgan fingerprint density at radius 2 is 1.65 bits per heavy atom. The van der Waals surface area contributed by atoms with Gasteiger partial charge in [-0.3, -0.25) is 10.1 Å². The summed E-state index contributed by atoms with van der Waals surface area (Å²) in [5.41, 5.74) is 4.00. The lowest BCUT2D eigenvalue weighted by Crippen LogP contribution is -2.31. The lowest BCUT2D eigenvalue weighted by atomic mass is 10.1. The van der Waals surface area contributed by atoms with E-state index in [1.165, 1.54) is 18.7 Å². The third kappa shape index (κ3) is 5.30. The molecular formula is C21H22N8O2. The van der Waals surface area contributed by atoms with E-state index in [2.05, 4.69) is 35.7 Å². The van der Waals surface area contributed by atoms with Gasteiger partial charge in [-0.25, -0.2) is 5.43 Å². The number of aromatic nitrogens is 3. The summed E-state index contributed by atoms with van der Waals surface area (Å²) in [6.45, 7) is 1.77. The summed E-state index contributed by atoms with van der Waals surface area (Å²) in [5, 5.41) is 18.5. The molecule has 31 heavy (non-hydrogen) atoms. The van der Waals surface area contributed by atoms with Crippen LogP contribution in [0.4, 0.5) is 29.2 Å². The van der Waals surface area contributed by atoms with Gasteiger partial charge in [0.15, 0.2) is 0 Å².